The van der Waals surface area contributed by atoms with Crippen molar-refractivity contribution in [1.82, 2.24) is 0 Å². The van der Waals surface area contributed by atoms with Gasteiger partial charge in [-0.2, -0.15) is 0 Å². The fourth-order valence-electron chi connectivity index (χ4n) is 2.81. The maximum absolute atomic E-state index is 5.54. The molecule has 0 spiro atoms. The van der Waals surface area contributed by atoms with E-state index in [0.717, 1.165) is 18.6 Å². The first kappa shape index (κ1) is 12.9. The second-order valence-corrected chi connectivity index (χ2v) is 4.76. The van der Waals surface area contributed by atoms with Crippen LogP contribution in [0.5, 0.6) is 5.75 Å². The van der Waals surface area contributed by atoms with Crippen LogP contribution in [0, 0.1) is 0 Å². The fraction of sp³-hybridized carbons (Fsp3) is 0.412. The first-order chi connectivity index (χ1) is 8.74. The lowest BCUT2D eigenvalue weighted by atomic mass is 9.98. The molecule has 2 rings (SSSR count). The monoisotopic (exact) mass is 242 g/mol. The Bertz CT molecular complexity index is 506. The summed E-state index contributed by atoms with van der Waals surface area (Å²) < 4.78 is 5.54. The lowest BCUT2D eigenvalue weighted by Crippen LogP contribution is -1.92. The summed E-state index contributed by atoms with van der Waals surface area (Å²) in [6.45, 7) is 6.67. The van der Waals surface area contributed by atoms with Crippen LogP contribution in [-0.2, 0) is 0 Å². The Morgan fingerprint density at radius 2 is 2.00 bits per heavy atom. The van der Waals surface area contributed by atoms with Crippen molar-refractivity contribution in [3.8, 4) is 5.75 Å². The second kappa shape index (κ2) is 5.43. The Labute approximate surface area is 110 Å². The van der Waals surface area contributed by atoms with E-state index in [1.54, 1.807) is 7.11 Å². The van der Waals surface area contributed by atoms with E-state index in [4.69, 9.17) is 4.74 Å². The molecule has 0 N–H and O–H groups in total. The highest BCUT2D eigenvalue weighted by atomic mass is 16.5. The molecule has 0 bridgehead atoms. The van der Waals surface area contributed by atoms with Gasteiger partial charge < -0.3 is 4.74 Å². The molecule has 0 amide bonds. The number of allylic oxidation sites excluding steroid dienone is 4. The Balaban J connectivity index is 2.62. The second-order valence-electron chi connectivity index (χ2n) is 4.76. The Morgan fingerprint density at radius 1 is 1.22 bits per heavy atom. The predicted octanol–water partition coefficient (Wildman–Crippen LogP) is 5.08. The van der Waals surface area contributed by atoms with Crippen LogP contribution in [0.25, 0.3) is 11.1 Å². The van der Waals surface area contributed by atoms with E-state index in [1.807, 2.05) is 0 Å². The first-order valence-electron chi connectivity index (χ1n) is 6.82. The molecule has 0 fully saturated rings. The largest absolute Gasteiger partial charge is 0.496 e. The van der Waals surface area contributed by atoms with Crippen molar-refractivity contribution >= 4 is 11.1 Å². The lowest BCUT2D eigenvalue weighted by molar-refractivity contribution is 0.413. The third-order valence-corrected chi connectivity index (χ3v) is 3.61. The molecule has 0 unspecified atom stereocenters. The quantitative estimate of drug-likeness (QED) is 0.715. The number of hydrogen-bond acceptors (Lipinski definition) is 1. The zero-order chi connectivity index (χ0) is 13.1. The molecule has 1 nitrogen and oxygen atoms in total. The number of rotatable bonds is 4. The van der Waals surface area contributed by atoms with Gasteiger partial charge in [-0.1, -0.05) is 38.5 Å². The number of methoxy groups -OCH3 is 1. The van der Waals surface area contributed by atoms with Gasteiger partial charge in [-0.25, -0.2) is 0 Å². The summed E-state index contributed by atoms with van der Waals surface area (Å²) in [5.74, 6) is 0.998. The topological polar surface area (TPSA) is 9.23 Å². The van der Waals surface area contributed by atoms with Crippen LogP contribution in [0.3, 0.4) is 0 Å². The van der Waals surface area contributed by atoms with Gasteiger partial charge in [0.2, 0.25) is 0 Å². The van der Waals surface area contributed by atoms with Crippen molar-refractivity contribution in [3.63, 3.8) is 0 Å². The molecule has 0 saturated carbocycles. The van der Waals surface area contributed by atoms with E-state index < -0.39 is 0 Å². The van der Waals surface area contributed by atoms with Crippen LogP contribution >= 0.6 is 0 Å². The molecule has 0 saturated heterocycles. The predicted molar refractivity (Wildman–Crippen MR) is 78.8 cm³/mol. The molecule has 0 aliphatic heterocycles. The van der Waals surface area contributed by atoms with Crippen LogP contribution in [0.2, 0.25) is 0 Å². The third kappa shape index (κ3) is 1.98. The average Bonchev–Trinajstić information content (AvgIpc) is 2.65. The Morgan fingerprint density at radius 3 is 2.61 bits per heavy atom. The van der Waals surface area contributed by atoms with Crippen molar-refractivity contribution in [2.24, 2.45) is 0 Å². The number of benzene rings is 1. The van der Waals surface area contributed by atoms with Crippen molar-refractivity contribution < 1.29 is 4.74 Å². The fourth-order valence-corrected chi connectivity index (χ4v) is 2.81. The van der Waals surface area contributed by atoms with Gasteiger partial charge >= 0.3 is 0 Å². The summed E-state index contributed by atoms with van der Waals surface area (Å²) in [5.41, 5.74) is 6.95. The van der Waals surface area contributed by atoms with E-state index in [0.29, 0.717) is 0 Å². The molecule has 0 radical (unpaired) electrons. The molecule has 0 atom stereocenters. The highest BCUT2D eigenvalue weighted by Gasteiger charge is 2.25. The van der Waals surface area contributed by atoms with Gasteiger partial charge in [0.1, 0.15) is 5.75 Å². The highest BCUT2D eigenvalue weighted by molar-refractivity contribution is 6.01. The standard InChI is InChI=1S/C17H22O/c1-5-8-13-12(3)14-10-7-11-16(18-4)17(14)15(13)9-6-2/h7,9-11H,5-6,8H2,1-4H3/b15-9+. The van der Waals surface area contributed by atoms with E-state index >= 15 is 0 Å². The van der Waals surface area contributed by atoms with E-state index in [-0.39, 0.29) is 0 Å². The van der Waals surface area contributed by atoms with E-state index in [1.165, 1.54) is 34.3 Å². The first-order valence-corrected chi connectivity index (χ1v) is 6.82. The number of hydrogen-bond donors (Lipinski definition) is 0. The normalized spacial score (nSPS) is 16.3. The zero-order valence-electron chi connectivity index (χ0n) is 11.8. The minimum absolute atomic E-state index is 0.998. The summed E-state index contributed by atoms with van der Waals surface area (Å²) in [6, 6.07) is 6.35. The van der Waals surface area contributed by atoms with Crippen LogP contribution in [0.15, 0.2) is 29.8 Å². The SMILES string of the molecule is CC/C=C1\C(CCC)=C(C)c2cccc(OC)c21. The van der Waals surface area contributed by atoms with Crippen molar-refractivity contribution in [1.29, 1.82) is 0 Å². The highest BCUT2D eigenvalue weighted by Crippen LogP contribution is 2.47. The summed E-state index contributed by atoms with van der Waals surface area (Å²) >= 11 is 0. The molecule has 1 heteroatoms. The molecule has 1 aliphatic carbocycles. The van der Waals surface area contributed by atoms with Gasteiger partial charge in [0.25, 0.3) is 0 Å². The van der Waals surface area contributed by atoms with Crippen LogP contribution in [-0.4, -0.2) is 7.11 Å². The van der Waals surface area contributed by atoms with Crippen molar-refractivity contribution in [2.75, 3.05) is 7.11 Å². The van der Waals surface area contributed by atoms with Gasteiger partial charge in [0.05, 0.1) is 7.11 Å². The van der Waals surface area contributed by atoms with Crippen LogP contribution < -0.4 is 4.74 Å². The molecule has 1 aliphatic rings. The van der Waals surface area contributed by atoms with Gasteiger partial charge in [0.15, 0.2) is 0 Å². The van der Waals surface area contributed by atoms with Gasteiger partial charge in [-0.05, 0) is 48.1 Å². The molecule has 96 valence electrons. The van der Waals surface area contributed by atoms with Crippen LogP contribution in [0.4, 0.5) is 0 Å². The zero-order valence-corrected chi connectivity index (χ0v) is 11.8. The smallest absolute Gasteiger partial charge is 0.127 e. The summed E-state index contributed by atoms with van der Waals surface area (Å²) in [6.07, 6.45) is 5.73. The molecular formula is C17H22O. The number of fused-ring (bicyclic) bond motifs is 1. The van der Waals surface area contributed by atoms with Crippen LogP contribution in [0.1, 0.15) is 51.2 Å². The minimum Gasteiger partial charge on any atom is -0.496 e. The summed E-state index contributed by atoms with van der Waals surface area (Å²) in [4.78, 5) is 0. The van der Waals surface area contributed by atoms with Crippen molar-refractivity contribution in [2.45, 2.75) is 40.0 Å². The molecule has 18 heavy (non-hydrogen) atoms. The third-order valence-electron chi connectivity index (χ3n) is 3.61. The molecular weight excluding hydrogens is 220 g/mol. The van der Waals surface area contributed by atoms with Gasteiger partial charge in [-0.3, -0.25) is 0 Å². The van der Waals surface area contributed by atoms with E-state index in [9.17, 15) is 0 Å². The number of ether oxygens (including phenoxy) is 1. The minimum atomic E-state index is 0.998. The Hall–Kier alpha value is -1.50. The molecule has 0 heterocycles. The molecule has 1 aromatic rings. The maximum Gasteiger partial charge on any atom is 0.127 e. The maximum atomic E-state index is 5.54. The van der Waals surface area contributed by atoms with Gasteiger partial charge in [-0.15, -0.1) is 0 Å². The average molecular weight is 242 g/mol. The molecule has 1 aromatic carbocycles. The molecule has 0 aromatic heterocycles. The van der Waals surface area contributed by atoms with E-state index in [2.05, 4.69) is 45.0 Å². The summed E-state index contributed by atoms with van der Waals surface area (Å²) in [7, 11) is 1.76. The Kier molecular flexibility index (Phi) is 3.90. The lowest BCUT2D eigenvalue weighted by Gasteiger charge is -2.10. The summed E-state index contributed by atoms with van der Waals surface area (Å²) in [5, 5.41) is 0. The van der Waals surface area contributed by atoms with Crippen molar-refractivity contribution in [3.05, 3.63) is 41.0 Å². The van der Waals surface area contributed by atoms with Gasteiger partial charge in [0, 0.05) is 5.56 Å².